The van der Waals surface area contributed by atoms with E-state index in [1.807, 2.05) is 6.92 Å². The highest BCUT2D eigenvalue weighted by Crippen LogP contribution is 2.25. The number of piperidine rings is 1. The van der Waals surface area contributed by atoms with E-state index in [2.05, 4.69) is 24.5 Å². The third kappa shape index (κ3) is 5.49. The van der Waals surface area contributed by atoms with Gasteiger partial charge in [0.05, 0.1) is 5.41 Å². The van der Waals surface area contributed by atoms with Crippen LogP contribution in [0.25, 0.3) is 0 Å². The van der Waals surface area contributed by atoms with Crippen molar-refractivity contribution >= 4 is 11.9 Å². The second-order valence-corrected chi connectivity index (χ2v) is 6.64. The molecule has 0 aromatic heterocycles. The number of nitrogens with one attached hydrogen (secondary N) is 2. The molecule has 3 N–H and O–H groups in total. The summed E-state index contributed by atoms with van der Waals surface area (Å²) in [4.78, 5) is 23.2. The van der Waals surface area contributed by atoms with Crippen LogP contribution in [0.15, 0.2) is 0 Å². The summed E-state index contributed by atoms with van der Waals surface area (Å²) < 4.78 is 0. The first kappa shape index (κ1) is 17.0. The second kappa shape index (κ2) is 7.62. The van der Waals surface area contributed by atoms with Crippen LogP contribution in [-0.4, -0.2) is 36.6 Å². The van der Waals surface area contributed by atoms with Crippen molar-refractivity contribution in [3.63, 3.8) is 0 Å². The van der Waals surface area contributed by atoms with Gasteiger partial charge in [-0.15, -0.1) is 0 Å². The third-order valence-electron chi connectivity index (χ3n) is 3.96. The third-order valence-corrected chi connectivity index (χ3v) is 3.96. The van der Waals surface area contributed by atoms with Gasteiger partial charge in [0.15, 0.2) is 0 Å². The minimum atomic E-state index is -0.796. The number of rotatable bonds is 7. The Labute approximate surface area is 121 Å². The number of carbonyl (C=O) groups is 2. The summed E-state index contributed by atoms with van der Waals surface area (Å²) >= 11 is 0. The monoisotopic (exact) mass is 284 g/mol. The fourth-order valence-electron chi connectivity index (χ4n) is 2.85. The Morgan fingerprint density at radius 1 is 1.40 bits per heavy atom. The van der Waals surface area contributed by atoms with E-state index in [0.717, 1.165) is 25.8 Å². The highest BCUT2D eigenvalue weighted by atomic mass is 16.4. The molecule has 2 atom stereocenters. The van der Waals surface area contributed by atoms with Crippen LogP contribution in [0.2, 0.25) is 0 Å². The number of amides is 1. The number of hydrogen-bond donors (Lipinski definition) is 3. The highest BCUT2D eigenvalue weighted by molar-refractivity contribution is 5.82. The molecule has 0 aromatic carbocycles. The summed E-state index contributed by atoms with van der Waals surface area (Å²) in [5.41, 5.74) is -0.357. The number of carboxylic acid groups (broad SMARTS) is 1. The molecule has 0 bridgehead atoms. The molecule has 1 unspecified atom stereocenters. The lowest BCUT2D eigenvalue weighted by molar-refractivity contribution is -0.139. The van der Waals surface area contributed by atoms with Crippen molar-refractivity contribution in [1.82, 2.24) is 10.6 Å². The summed E-state index contributed by atoms with van der Waals surface area (Å²) in [5, 5.41) is 15.2. The van der Waals surface area contributed by atoms with Crippen molar-refractivity contribution in [3.05, 3.63) is 0 Å². The molecule has 1 rings (SSSR count). The summed E-state index contributed by atoms with van der Waals surface area (Å²) in [6.07, 6.45) is 2.84. The molecular weight excluding hydrogens is 256 g/mol. The maximum absolute atomic E-state index is 12.3. The molecule has 5 nitrogen and oxygen atoms in total. The van der Waals surface area contributed by atoms with Crippen molar-refractivity contribution < 1.29 is 14.7 Å². The quantitative estimate of drug-likeness (QED) is 0.664. The Balaban J connectivity index is 2.48. The predicted molar refractivity (Wildman–Crippen MR) is 78.4 cm³/mol. The minimum absolute atomic E-state index is 0.0107. The standard InChI is InChI=1S/C15H28N2O3/c1-11(2)7-12(8-13(18)19)9-17-14(20)15(3)5-4-6-16-10-15/h11-12,16H,4-10H2,1-3H3,(H,17,20)(H,18,19)/t12-,15?/m0/s1. The van der Waals surface area contributed by atoms with Crippen LogP contribution in [0.5, 0.6) is 0 Å². The van der Waals surface area contributed by atoms with E-state index in [9.17, 15) is 9.59 Å². The molecular formula is C15H28N2O3. The van der Waals surface area contributed by atoms with Crippen LogP contribution in [0.1, 0.15) is 46.5 Å². The number of aliphatic carboxylic acids is 1. The maximum atomic E-state index is 12.3. The molecule has 0 radical (unpaired) electrons. The zero-order valence-corrected chi connectivity index (χ0v) is 12.9. The van der Waals surface area contributed by atoms with Crippen molar-refractivity contribution in [2.75, 3.05) is 19.6 Å². The average Bonchev–Trinajstić information content (AvgIpc) is 2.35. The molecule has 0 aromatic rings. The number of carboxylic acids is 1. The summed E-state index contributed by atoms with van der Waals surface area (Å²) in [6, 6.07) is 0. The van der Waals surface area contributed by atoms with Gasteiger partial charge in [-0.05, 0) is 44.6 Å². The lowest BCUT2D eigenvalue weighted by atomic mass is 9.81. The van der Waals surface area contributed by atoms with E-state index in [1.54, 1.807) is 0 Å². The smallest absolute Gasteiger partial charge is 0.303 e. The van der Waals surface area contributed by atoms with Gasteiger partial charge in [0.25, 0.3) is 0 Å². The van der Waals surface area contributed by atoms with Crippen molar-refractivity contribution in [2.45, 2.75) is 46.5 Å². The fraction of sp³-hybridized carbons (Fsp3) is 0.867. The van der Waals surface area contributed by atoms with Crippen LogP contribution in [0, 0.1) is 17.3 Å². The highest BCUT2D eigenvalue weighted by Gasteiger charge is 2.34. The SMILES string of the molecule is CC(C)C[C@H](CNC(=O)C1(C)CCCNC1)CC(=O)O. The fourth-order valence-corrected chi connectivity index (χ4v) is 2.85. The lowest BCUT2D eigenvalue weighted by Gasteiger charge is -2.33. The largest absolute Gasteiger partial charge is 0.481 e. The first-order valence-electron chi connectivity index (χ1n) is 7.54. The Kier molecular flexibility index (Phi) is 6.46. The van der Waals surface area contributed by atoms with E-state index in [0.29, 0.717) is 19.0 Å². The molecule has 0 spiro atoms. The second-order valence-electron chi connectivity index (χ2n) is 6.64. The summed E-state index contributed by atoms with van der Waals surface area (Å²) in [5.74, 6) is -0.306. The Bertz CT molecular complexity index is 336. The zero-order chi connectivity index (χ0) is 15.2. The van der Waals surface area contributed by atoms with Crippen LogP contribution in [0.3, 0.4) is 0 Å². The van der Waals surface area contributed by atoms with Gasteiger partial charge in [-0.2, -0.15) is 0 Å². The molecule has 1 aliphatic heterocycles. The molecule has 1 aliphatic rings. The average molecular weight is 284 g/mol. The lowest BCUT2D eigenvalue weighted by Crippen LogP contribution is -2.49. The molecule has 5 heteroatoms. The van der Waals surface area contributed by atoms with Crippen LogP contribution in [0.4, 0.5) is 0 Å². The van der Waals surface area contributed by atoms with Gasteiger partial charge >= 0.3 is 5.97 Å². The van der Waals surface area contributed by atoms with Crippen molar-refractivity contribution in [2.24, 2.45) is 17.3 Å². The van der Waals surface area contributed by atoms with E-state index in [-0.39, 0.29) is 23.7 Å². The molecule has 20 heavy (non-hydrogen) atoms. The maximum Gasteiger partial charge on any atom is 0.303 e. The summed E-state index contributed by atoms with van der Waals surface area (Å²) in [6.45, 7) is 8.25. The molecule has 0 saturated carbocycles. The molecule has 1 fully saturated rings. The first-order valence-corrected chi connectivity index (χ1v) is 7.54. The van der Waals surface area contributed by atoms with Crippen LogP contribution >= 0.6 is 0 Å². The molecule has 116 valence electrons. The topological polar surface area (TPSA) is 78.4 Å². The van der Waals surface area contributed by atoms with E-state index in [4.69, 9.17) is 5.11 Å². The van der Waals surface area contributed by atoms with E-state index >= 15 is 0 Å². The van der Waals surface area contributed by atoms with Crippen molar-refractivity contribution in [3.8, 4) is 0 Å². The van der Waals surface area contributed by atoms with Crippen molar-refractivity contribution in [1.29, 1.82) is 0 Å². The zero-order valence-electron chi connectivity index (χ0n) is 12.9. The molecule has 1 saturated heterocycles. The minimum Gasteiger partial charge on any atom is -0.481 e. The molecule has 1 amide bonds. The van der Waals surface area contributed by atoms with Crippen LogP contribution < -0.4 is 10.6 Å². The number of hydrogen-bond acceptors (Lipinski definition) is 3. The van der Waals surface area contributed by atoms with Crippen LogP contribution in [-0.2, 0) is 9.59 Å². The molecule has 1 heterocycles. The number of carbonyl (C=O) groups excluding carboxylic acids is 1. The van der Waals surface area contributed by atoms with Gasteiger partial charge in [0.2, 0.25) is 5.91 Å². The van der Waals surface area contributed by atoms with Gasteiger partial charge in [0, 0.05) is 19.5 Å². The Morgan fingerprint density at radius 3 is 2.60 bits per heavy atom. The van der Waals surface area contributed by atoms with Gasteiger partial charge in [0.1, 0.15) is 0 Å². The predicted octanol–water partition coefficient (Wildman–Crippen LogP) is 1.63. The van der Waals surface area contributed by atoms with E-state index in [1.165, 1.54) is 0 Å². The van der Waals surface area contributed by atoms with E-state index < -0.39 is 5.97 Å². The Hall–Kier alpha value is -1.10. The van der Waals surface area contributed by atoms with Gasteiger partial charge < -0.3 is 15.7 Å². The van der Waals surface area contributed by atoms with Gasteiger partial charge in [-0.1, -0.05) is 13.8 Å². The molecule has 0 aliphatic carbocycles. The normalized spacial score (nSPS) is 24.4. The first-order chi connectivity index (χ1) is 9.33. The Morgan fingerprint density at radius 2 is 2.10 bits per heavy atom. The van der Waals surface area contributed by atoms with Gasteiger partial charge in [-0.3, -0.25) is 9.59 Å². The van der Waals surface area contributed by atoms with Gasteiger partial charge in [-0.25, -0.2) is 0 Å². The summed E-state index contributed by atoms with van der Waals surface area (Å²) in [7, 11) is 0.